The van der Waals surface area contributed by atoms with Crippen molar-refractivity contribution >= 4 is 17.5 Å². The van der Waals surface area contributed by atoms with Crippen molar-refractivity contribution in [2.45, 2.75) is 53.5 Å². The SMILES string of the molecule is CSC[C@H](C)/N=C1\CCc2c(C)c(C)c(C)c(C)c21. The molecular formula is C17H25NS. The summed E-state index contributed by atoms with van der Waals surface area (Å²) in [6, 6.07) is 0.428. The van der Waals surface area contributed by atoms with Gasteiger partial charge in [0.25, 0.3) is 0 Å². The number of thioether (sulfide) groups is 1. The van der Waals surface area contributed by atoms with E-state index in [0.29, 0.717) is 6.04 Å². The Morgan fingerprint density at radius 2 is 1.63 bits per heavy atom. The van der Waals surface area contributed by atoms with Gasteiger partial charge in [-0.25, -0.2) is 0 Å². The fraction of sp³-hybridized carbons (Fsp3) is 0.588. The van der Waals surface area contributed by atoms with Gasteiger partial charge < -0.3 is 0 Å². The zero-order chi connectivity index (χ0) is 14.2. The standard InChI is InChI=1S/C17H25NS/c1-10(9-19-6)18-16-8-7-15-13(4)11(2)12(3)14(5)17(15)16/h10H,7-9H2,1-6H3/b18-16+/t10-/m0/s1. The van der Waals surface area contributed by atoms with Gasteiger partial charge >= 0.3 is 0 Å². The Morgan fingerprint density at radius 3 is 2.26 bits per heavy atom. The summed E-state index contributed by atoms with van der Waals surface area (Å²) in [6.45, 7) is 11.3. The Hall–Kier alpha value is -0.760. The van der Waals surface area contributed by atoms with E-state index in [2.05, 4.69) is 40.9 Å². The maximum absolute atomic E-state index is 4.98. The van der Waals surface area contributed by atoms with E-state index in [-0.39, 0.29) is 0 Å². The van der Waals surface area contributed by atoms with E-state index in [4.69, 9.17) is 4.99 Å². The highest BCUT2D eigenvalue weighted by atomic mass is 32.2. The monoisotopic (exact) mass is 275 g/mol. The van der Waals surface area contributed by atoms with Crippen LogP contribution < -0.4 is 0 Å². The first-order valence-electron chi connectivity index (χ1n) is 7.12. The lowest BCUT2D eigenvalue weighted by Gasteiger charge is -2.16. The molecule has 0 saturated carbocycles. The molecule has 1 aliphatic rings. The normalized spacial score (nSPS) is 17.9. The fourth-order valence-corrected chi connectivity index (χ4v) is 3.69. The van der Waals surface area contributed by atoms with E-state index in [9.17, 15) is 0 Å². The molecule has 1 aliphatic carbocycles. The van der Waals surface area contributed by atoms with Crippen LogP contribution in [-0.4, -0.2) is 23.8 Å². The lowest BCUT2D eigenvalue weighted by molar-refractivity contribution is 0.844. The van der Waals surface area contributed by atoms with Crippen molar-refractivity contribution in [3.63, 3.8) is 0 Å². The molecule has 0 fully saturated rings. The maximum Gasteiger partial charge on any atom is 0.0565 e. The number of aliphatic imine (C=N–C) groups is 1. The van der Waals surface area contributed by atoms with Gasteiger partial charge in [0.05, 0.1) is 6.04 Å². The van der Waals surface area contributed by atoms with Crippen LogP contribution in [0.5, 0.6) is 0 Å². The second-order valence-corrected chi connectivity index (χ2v) is 6.64. The lowest BCUT2D eigenvalue weighted by Crippen LogP contribution is -2.09. The summed E-state index contributed by atoms with van der Waals surface area (Å²) in [5.74, 6) is 1.11. The third-order valence-corrected chi connectivity index (χ3v) is 5.32. The van der Waals surface area contributed by atoms with Gasteiger partial charge in [0.1, 0.15) is 0 Å². The number of nitrogens with zero attached hydrogens (tertiary/aromatic N) is 1. The highest BCUT2D eigenvalue weighted by molar-refractivity contribution is 7.98. The number of rotatable bonds is 3. The summed E-state index contributed by atoms with van der Waals surface area (Å²) in [5, 5.41) is 0. The molecule has 1 nitrogen and oxygen atoms in total. The predicted molar refractivity (Wildman–Crippen MR) is 88.1 cm³/mol. The van der Waals surface area contributed by atoms with Crippen LogP contribution in [0.15, 0.2) is 4.99 Å². The van der Waals surface area contributed by atoms with E-state index in [0.717, 1.165) is 12.2 Å². The summed E-state index contributed by atoms with van der Waals surface area (Å²) in [5.41, 5.74) is 10.2. The quantitative estimate of drug-likeness (QED) is 0.796. The second-order valence-electron chi connectivity index (χ2n) is 5.73. The largest absolute Gasteiger partial charge is 0.285 e. The first-order valence-corrected chi connectivity index (χ1v) is 8.52. The molecule has 0 aromatic heterocycles. The topological polar surface area (TPSA) is 12.4 Å². The highest BCUT2D eigenvalue weighted by Gasteiger charge is 2.24. The van der Waals surface area contributed by atoms with Crippen LogP contribution in [0.25, 0.3) is 0 Å². The van der Waals surface area contributed by atoms with Crippen LogP contribution in [0.1, 0.15) is 46.7 Å². The van der Waals surface area contributed by atoms with Gasteiger partial charge in [-0.2, -0.15) is 11.8 Å². The van der Waals surface area contributed by atoms with Crippen LogP contribution in [0.3, 0.4) is 0 Å². The molecule has 0 aliphatic heterocycles. The fourth-order valence-electron chi connectivity index (χ4n) is 3.14. The van der Waals surface area contributed by atoms with Crippen molar-refractivity contribution in [1.29, 1.82) is 0 Å². The summed E-state index contributed by atoms with van der Waals surface area (Å²) in [4.78, 5) is 4.98. The maximum atomic E-state index is 4.98. The van der Waals surface area contributed by atoms with Crippen molar-refractivity contribution in [2.24, 2.45) is 4.99 Å². The molecule has 104 valence electrons. The molecular weight excluding hydrogens is 250 g/mol. The number of fused-ring (bicyclic) bond motifs is 1. The van der Waals surface area contributed by atoms with Crippen molar-refractivity contribution in [3.8, 4) is 0 Å². The van der Waals surface area contributed by atoms with Crippen molar-refractivity contribution in [2.75, 3.05) is 12.0 Å². The Morgan fingerprint density at radius 1 is 1.00 bits per heavy atom. The molecule has 1 atom stereocenters. The average molecular weight is 275 g/mol. The van der Waals surface area contributed by atoms with Crippen molar-refractivity contribution < 1.29 is 0 Å². The van der Waals surface area contributed by atoms with Gasteiger partial charge in [-0.1, -0.05) is 0 Å². The molecule has 0 unspecified atom stereocenters. The van der Waals surface area contributed by atoms with Gasteiger partial charge in [0, 0.05) is 17.0 Å². The minimum atomic E-state index is 0.428. The summed E-state index contributed by atoms with van der Waals surface area (Å²) in [6.07, 6.45) is 4.45. The molecule has 1 aromatic rings. The molecule has 0 radical (unpaired) electrons. The number of hydrogen-bond acceptors (Lipinski definition) is 2. The zero-order valence-electron chi connectivity index (χ0n) is 13.1. The average Bonchev–Trinajstić information content (AvgIpc) is 2.78. The molecule has 19 heavy (non-hydrogen) atoms. The first kappa shape index (κ1) is 14.6. The van der Waals surface area contributed by atoms with Gasteiger partial charge in [-0.15, -0.1) is 0 Å². The summed E-state index contributed by atoms with van der Waals surface area (Å²) in [7, 11) is 0. The van der Waals surface area contributed by atoms with Crippen LogP contribution >= 0.6 is 11.8 Å². The third kappa shape index (κ3) is 2.60. The summed E-state index contributed by atoms with van der Waals surface area (Å²) >= 11 is 1.88. The Labute approximate surface area is 121 Å². The van der Waals surface area contributed by atoms with Crippen LogP contribution in [0, 0.1) is 27.7 Å². The Bertz CT molecular complexity index is 529. The number of hydrogen-bond donors (Lipinski definition) is 0. The van der Waals surface area contributed by atoms with Crippen LogP contribution in [0.2, 0.25) is 0 Å². The molecule has 2 rings (SSSR count). The van der Waals surface area contributed by atoms with Crippen LogP contribution in [-0.2, 0) is 6.42 Å². The molecule has 0 spiro atoms. The van der Waals surface area contributed by atoms with E-state index < -0.39 is 0 Å². The van der Waals surface area contributed by atoms with E-state index >= 15 is 0 Å². The van der Waals surface area contributed by atoms with Crippen molar-refractivity contribution in [3.05, 3.63) is 33.4 Å². The summed E-state index contributed by atoms with van der Waals surface area (Å²) < 4.78 is 0. The molecule has 0 bridgehead atoms. The number of benzene rings is 1. The highest BCUT2D eigenvalue weighted by Crippen LogP contribution is 2.33. The van der Waals surface area contributed by atoms with E-state index in [1.807, 2.05) is 11.8 Å². The molecule has 0 amide bonds. The second kappa shape index (κ2) is 5.70. The third-order valence-electron chi connectivity index (χ3n) is 4.50. The van der Waals surface area contributed by atoms with E-state index in [1.165, 1.54) is 39.9 Å². The Kier molecular flexibility index (Phi) is 4.39. The molecule has 1 aromatic carbocycles. The minimum Gasteiger partial charge on any atom is -0.285 e. The Balaban J connectivity index is 2.51. The minimum absolute atomic E-state index is 0.428. The molecule has 2 heteroatoms. The molecule has 0 saturated heterocycles. The first-order chi connectivity index (χ1) is 8.97. The predicted octanol–water partition coefficient (Wildman–Crippen LogP) is 4.41. The van der Waals surface area contributed by atoms with Crippen molar-refractivity contribution in [1.82, 2.24) is 0 Å². The van der Waals surface area contributed by atoms with Gasteiger partial charge in [0.15, 0.2) is 0 Å². The van der Waals surface area contributed by atoms with E-state index in [1.54, 1.807) is 5.56 Å². The lowest BCUT2D eigenvalue weighted by atomic mass is 9.90. The van der Waals surface area contributed by atoms with Crippen LogP contribution in [0.4, 0.5) is 0 Å². The van der Waals surface area contributed by atoms with Gasteiger partial charge in [-0.3, -0.25) is 4.99 Å². The molecule has 0 heterocycles. The zero-order valence-corrected chi connectivity index (χ0v) is 13.9. The van der Waals surface area contributed by atoms with Gasteiger partial charge in [-0.05, 0) is 81.5 Å². The van der Waals surface area contributed by atoms with Gasteiger partial charge in [0.2, 0.25) is 0 Å². The smallest absolute Gasteiger partial charge is 0.0565 e. The molecule has 0 N–H and O–H groups in total.